The van der Waals surface area contributed by atoms with Gasteiger partial charge in [0.1, 0.15) is 12.5 Å². The molecule has 1 aliphatic heterocycles. The number of nitrogens with zero attached hydrogens (tertiary/aromatic N) is 3. The highest BCUT2D eigenvalue weighted by Gasteiger charge is 2.17. The first-order valence-corrected chi connectivity index (χ1v) is 8.42. The Kier molecular flexibility index (Phi) is 8.48. The number of carbonyl (C=O) groups excluding carboxylic acids is 1. The highest BCUT2D eigenvalue weighted by Crippen LogP contribution is 2.11. The Morgan fingerprint density at radius 1 is 1.12 bits per heavy atom. The minimum atomic E-state index is -0.407. The molecular weight excluding hydrogens is 342 g/mol. The van der Waals surface area contributed by atoms with Crippen LogP contribution in [0.1, 0.15) is 12.0 Å². The van der Waals surface area contributed by atoms with Gasteiger partial charge in [-0.2, -0.15) is 0 Å². The van der Waals surface area contributed by atoms with E-state index in [-0.39, 0.29) is 24.5 Å². The third kappa shape index (κ3) is 7.91. The van der Waals surface area contributed by atoms with Crippen molar-refractivity contribution in [3.8, 4) is 5.75 Å². The average Bonchev–Trinajstić information content (AvgIpc) is 2.64. The number of benzene rings is 1. The third-order valence-corrected chi connectivity index (χ3v) is 3.98. The molecule has 144 valence electrons. The molecule has 0 bridgehead atoms. The zero-order valence-electron chi connectivity index (χ0n) is 14.5. The van der Waals surface area contributed by atoms with Crippen molar-refractivity contribution in [2.24, 2.45) is 0 Å². The van der Waals surface area contributed by atoms with Gasteiger partial charge in [0, 0.05) is 38.8 Å². The van der Waals surface area contributed by atoms with Crippen LogP contribution in [0.5, 0.6) is 5.75 Å². The minimum absolute atomic E-state index is 0.181. The highest BCUT2D eigenvalue weighted by molar-refractivity contribution is 5.87. The molecule has 3 N–H and O–H groups in total. The van der Waals surface area contributed by atoms with Gasteiger partial charge in [-0.1, -0.05) is 12.1 Å². The third-order valence-electron chi connectivity index (χ3n) is 3.98. The van der Waals surface area contributed by atoms with E-state index < -0.39 is 5.97 Å². The molecule has 1 saturated heterocycles. The summed E-state index contributed by atoms with van der Waals surface area (Å²) >= 11 is 0. The van der Waals surface area contributed by atoms with E-state index in [4.69, 9.17) is 15.2 Å². The van der Waals surface area contributed by atoms with E-state index in [9.17, 15) is 9.90 Å². The predicted octanol–water partition coefficient (Wildman–Crippen LogP) is 0.926. The Balaban J connectivity index is 1.59. The summed E-state index contributed by atoms with van der Waals surface area (Å²) < 4.78 is 5.24. The molecule has 26 heavy (non-hydrogen) atoms. The van der Waals surface area contributed by atoms with Crippen LogP contribution in [0.25, 0.3) is 6.08 Å². The van der Waals surface area contributed by atoms with Crippen molar-refractivity contribution in [2.45, 2.75) is 6.42 Å². The zero-order chi connectivity index (χ0) is 18.8. The molecule has 9 nitrogen and oxygen atoms in total. The quantitative estimate of drug-likeness (QED) is 0.254. The summed E-state index contributed by atoms with van der Waals surface area (Å²) in [7, 11) is 0. The molecule has 1 aliphatic rings. The number of piperazine rings is 1. The van der Waals surface area contributed by atoms with Crippen LogP contribution in [0.2, 0.25) is 0 Å². The fourth-order valence-electron chi connectivity index (χ4n) is 2.53. The maximum atomic E-state index is 11.8. The topological polar surface area (TPSA) is 106 Å². The lowest BCUT2D eigenvalue weighted by Crippen LogP contribution is -2.47. The predicted molar refractivity (Wildman–Crippen MR) is 92.1 cm³/mol. The molecule has 0 unspecified atom stereocenters. The number of rotatable bonds is 9. The molecule has 0 aromatic heterocycles. The number of carbonyl (C=O) groups is 1. The first kappa shape index (κ1) is 20.3. The number of esters is 1. The molecule has 0 atom stereocenters. The Labute approximate surface area is 152 Å². The van der Waals surface area contributed by atoms with Gasteiger partial charge in [-0.05, 0) is 30.2 Å². The van der Waals surface area contributed by atoms with Crippen molar-refractivity contribution in [1.82, 2.24) is 15.2 Å². The number of hydrogen-bond acceptors (Lipinski definition) is 9. The second-order valence-corrected chi connectivity index (χ2v) is 5.92. The standard InChI is InChI=1S/C17H25N3O6/c21-16-5-2-15(3-6-16)4-7-17(22)25-14-19-11-9-18(10-12-19)8-1-13-26-20(23)24/h2-7,21,23-24H,1,8-14H2/b7-4+. The van der Waals surface area contributed by atoms with Crippen molar-refractivity contribution in [3.05, 3.63) is 35.9 Å². The summed E-state index contributed by atoms with van der Waals surface area (Å²) in [6.45, 7) is 4.57. The number of ether oxygens (including phenoxy) is 1. The van der Waals surface area contributed by atoms with Gasteiger partial charge in [0.15, 0.2) is 0 Å². The van der Waals surface area contributed by atoms with Crippen LogP contribution in [0.3, 0.4) is 0 Å². The normalized spacial score (nSPS) is 16.4. The average molecular weight is 367 g/mol. The van der Waals surface area contributed by atoms with Crippen molar-refractivity contribution in [1.29, 1.82) is 0 Å². The van der Waals surface area contributed by atoms with Gasteiger partial charge in [0.25, 0.3) is 0 Å². The fourth-order valence-corrected chi connectivity index (χ4v) is 2.53. The number of phenols is 1. The molecule has 0 amide bonds. The largest absolute Gasteiger partial charge is 0.508 e. The first-order chi connectivity index (χ1) is 12.5. The maximum absolute atomic E-state index is 11.8. The van der Waals surface area contributed by atoms with Crippen LogP contribution >= 0.6 is 0 Å². The van der Waals surface area contributed by atoms with Crippen LogP contribution in [-0.4, -0.2) is 82.7 Å². The Morgan fingerprint density at radius 2 is 1.77 bits per heavy atom. The molecule has 9 heteroatoms. The maximum Gasteiger partial charge on any atom is 0.332 e. The molecular formula is C17H25N3O6. The van der Waals surface area contributed by atoms with Crippen molar-refractivity contribution < 1.29 is 29.9 Å². The number of phenolic OH excluding ortho intramolecular Hbond substituents is 1. The Hall–Kier alpha value is -2.01. The van der Waals surface area contributed by atoms with Gasteiger partial charge >= 0.3 is 5.97 Å². The van der Waals surface area contributed by atoms with E-state index in [1.165, 1.54) is 6.08 Å². The van der Waals surface area contributed by atoms with Gasteiger partial charge in [0.2, 0.25) is 0 Å². The van der Waals surface area contributed by atoms with Crippen molar-refractivity contribution in [3.63, 3.8) is 0 Å². The highest BCUT2D eigenvalue weighted by atomic mass is 17.1. The van der Waals surface area contributed by atoms with E-state index in [0.717, 1.165) is 38.3 Å². The van der Waals surface area contributed by atoms with Crippen molar-refractivity contribution in [2.75, 3.05) is 46.1 Å². The molecule has 2 rings (SSSR count). The number of hydrogen-bond donors (Lipinski definition) is 3. The van der Waals surface area contributed by atoms with Gasteiger partial charge in [-0.15, -0.1) is 0 Å². The molecule has 1 aromatic rings. The van der Waals surface area contributed by atoms with Gasteiger partial charge in [-0.25, -0.2) is 4.79 Å². The molecule has 1 heterocycles. The van der Waals surface area contributed by atoms with Gasteiger partial charge < -0.3 is 14.7 Å². The zero-order valence-corrected chi connectivity index (χ0v) is 14.5. The van der Waals surface area contributed by atoms with Gasteiger partial charge in [0.05, 0.1) is 12.0 Å². The molecule has 0 aliphatic carbocycles. The minimum Gasteiger partial charge on any atom is -0.508 e. The Morgan fingerprint density at radius 3 is 2.42 bits per heavy atom. The van der Waals surface area contributed by atoms with Crippen LogP contribution < -0.4 is 0 Å². The summed E-state index contributed by atoms with van der Waals surface area (Å²) in [6.07, 6.45) is 3.70. The van der Waals surface area contributed by atoms with Crippen molar-refractivity contribution >= 4 is 12.0 Å². The molecule has 0 spiro atoms. The van der Waals surface area contributed by atoms with Crippen LogP contribution in [-0.2, 0) is 14.4 Å². The molecule has 1 aromatic carbocycles. The van der Waals surface area contributed by atoms with Gasteiger partial charge in [-0.3, -0.25) is 20.2 Å². The summed E-state index contributed by atoms with van der Waals surface area (Å²) in [4.78, 5) is 20.6. The first-order valence-electron chi connectivity index (χ1n) is 8.42. The smallest absolute Gasteiger partial charge is 0.332 e. The second kappa shape index (κ2) is 10.9. The van der Waals surface area contributed by atoms with E-state index >= 15 is 0 Å². The van der Waals surface area contributed by atoms with E-state index in [1.807, 2.05) is 0 Å². The summed E-state index contributed by atoms with van der Waals surface area (Å²) in [5.41, 5.74) is 0.808. The molecule has 1 fully saturated rings. The second-order valence-electron chi connectivity index (χ2n) is 5.92. The lowest BCUT2D eigenvalue weighted by Gasteiger charge is -2.34. The van der Waals surface area contributed by atoms with E-state index in [0.29, 0.717) is 6.42 Å². The fraction of sp³-hybridized carbons (Fsp3) is 0.471. The summed E-state index contributed by atoms with van der Waals surface area (Å²) in [6, 6.07) is 6.53. The Bertz CT molecular complexity index is 570. The monoisotopic (exact) mass is 367 g/mol. The SMILES string of the molecule is O=C(/C=C/c1ccc(O)cc1)OCN1CCN(CCCON(O)O)CC1. The van der Waals surface area contributed by atoms with Crippen LogP contribution in [0.15, 0.2) is 30.3 Å². The summed E-state index contributed by atoms with van der Waals surface area (Å²) in [5.74, 6) is -0.227. The summed E-state index contributed by atoms with van der Waals surface area (Å²) in [5, 5.41) is 25.8. The van der Waals surface area contributed by atoms with Crippen LogP contribution in [0, 0.1) is 0 Å². The number of aromatic hydroxyl groups is 1. The lowest BCUT2D eigenvalue weighted by atomic mass is 10.2. The van der Waals surface area contributed by atoms with Crippen LogP contribution in [0.4, 0.5) is 0 Å². The van der Waals surface area contributed by atoms with E-state index in [1.54, 1.807) is 30.3 Å². The molecule has 0 saturated carbocycles. The van der Waals surface area contributed by atoms with E-state index in [2.05, 4.69) is 14.6 Å². The lowest BCUT2D eigenvalue weighted by molar-refractivity contribution is -0.492. The molecule has 0 radical (unpaired) electrons.